The molecule has 1 atom stereocenters. The van der Waals surface area contributed by atoms with E-state index in [4.69, 9.17) is 11.6 Å². The number of nitrogens with zero attached hydrogens (tertiary/aromatic N) is 1. The molecule has 0 aromatic carbocycles. The molecule has 0 aliphatic rings. The standard InChI is InChI=1S/C8H13ClN2O3S/c1-10-4-7(12)6-3-8(9)11(5-6)15(2,13)14/h3,5,7,10,12H,4H2,1-2H3. The van der Waals surface area contributed by atoms with E-state index >= 15 is 0 Å². The van der Waals surface area contributed by atoms with E-state index in [2.05, 4.69) is 5.32 Å². The van der Waals surface area contributed by atoms with E-state index in [-0.39, 0.29) is 5.15 Å². The summed E-state index contributed by atoms with van der Waals surface area (Å²) in [5.41, 5.74) is 0.472. The third-order valence-corrected chi connectivity index (χ3v) is 3.31. The Balaban J connectivity index is 3.06. The van der Waals surface area contributed by atoms with Crippen molar-refractivity contribution in [2.75, 3.05) is 19.8 Å². The van der Waals surface area contributed by atoms with Crippen LogP contribution in [0.4, 0.5) is 0 Å². The van der Waals surface area contributed by atoms with Gasteiger partial charge in [-0.2, -0.15) is 0 Å². The first-order chi connectivity index (χ1) is 6.86. The van der Waals surface area contributed by atoms with Crippen LogP contribution in [0.5, 0.6) is 0 Å². The Morgan fingerprint density at radius 1 is 1.67 bits per heavy atom. The van der Waals surface area contributed by atoms with Crippen LogP contribution >= 0.6 is 11.6 Å². The van der Waals surface area contributed by atoms with Crippen LogP contribution in [-0.4, -0.2) is 37.3 Å². The molecule has 0 saturated carbocycles. The maximum absolute atomic E-state index is 11.2. The first-order valence-electron chi connectivity index (χ1n) is 4.27. The number of halogens is 1. The Labute approximate surface area is 93.7 Å². The summed E-state index contributed by atoms with van der Waals surface area (Å²) >= 11 is 5.73. The molecule has 7 heteroatoms. The number of aliphatic hydroxyl groups is 1. The Kier molecular flexibility index (Phi) is 3.77. The van der Waals surface area contributed by atoms with Crippen LogP contribution in [0.2, 0.25) is 5.15 Å². The van der Waals surface area contributed by atoms with Crippen LogP contribution < -0.4 is 5.32 Å². The Morgan fingerprint density at radius 2 is 2.27 bits per heavy atom. The summed E-state index contributed by atoms with van der Waals surface area (Å²) in [5, 5.41) is 12.4. The van der Waals surface area contributed by atoms with Gasteiger partial charge < -0.3 is 10.4 Å². The molecule has 0 saturated heterocycles. The molecule has 2 N–H and O–H groups in total. The van der Waals surface area contributed by atoms with Crippen LogP contribution in [0.3, 0.4) is 0 Å². The summed E-state index contributed by atoms with van der Waals surface area (Å²) in [4.78, 5) is 0. The second-order valence-corrected chi connectivity index (χ2v) is 5.48. The average molecular weight is 253 g/mol. The second-order valence-electron chi connectivity index (χ2n) is 3.23. The van der Waals surface area contributed by atoms with Crippen molar-refractivity contribution < 1.29 is 13.5 Å². The normalized spacial score (nSPS) is 14.1. The van der Waals surface area contributed by atoms with Gasteiger partial charge in [0.25, 0.3) is 0 Å². The zero-order valence-corrected chi connectivity index (χ0v) is 10.0. The van der Waals surface area contributed by atoms with Crippen molar-refractivity contribution in [3.63, 3.8) is 0 Å². The SMILES string of the molecule is CNCC(O)c1cc(Cl)n(S(C)(=O)=O)c1. The van der Waals surface area contributed by atoms with Gasteiger partial charge in [0.05, 0.1) is 12.4 Å². The van der Waals surface area contributed by atoms with Gasteiger partial charge in [-0.15, -0.1) is 0 Å². The molecule has 1 unspecified atom stereocenters. The van der Waals surface area contributed by atoms with Crippen molar-refractivity contribution >= 4 is 21.6 Å². The van der Waals surface area contributed by atoms with Gasteiger partial charge in [0.1, 0.15) is 5.15 Å². The molecular formula is C8H13ClN2O3S. The number of aliphatic hydroxyl groups excluding tert-OH is 1. The number of nitrogens with one attached hydrogen (secondary N) is 1. The van der Waals surface area contributed by atoms with Gasteiger partial charge in [0.15, 0.2) is 0 Å². The minimum Gasteiger partial charge on any atom is -0.387 e. The molecule has 0 fully saturated rings. The largest absolute Gasteiger partial charge is 0.387 e. The molecule has 0 amide bonds. The highest BCUT2D eigenvalue weighted by molar-refractivity contribution is 7.89. The second kappa shape index (κ2) is 4.52. The third kappa shape index (κ3) is 2.94. The summed E-state index contributed by atoms with van der Waals surface area (Å²) in [7, 11) is -1.72. The van der Waals surface area contributed by atoms with Crippen molar-refractivity contribution in [1.82, 2.24) is 9.29 Å². The summed E-state index contributed by atoms with van der Waals surface area (Å²) in [6, 6.07) is 1.44. The lowest BCUT2D eigenvalue weighted by atomic mass is 10.2. The van der Waals surface area contributed by atoms with E-state index in [1.54, 1.807) is 7.05 Å². The molecule has 1 heterocycles. The first-order valence-corrected chi connectivity index (χ1v) is 6.50. The summed E-state index contributed by atoms with van der Waals surface area (Å²) in [5.74, 6) is 0. The molecule has 15 heavy (non-hydrogen) atoms. The summed E-state index contributed by atoms with van der Waals surface area (Å²) in [6.45, 7) is 0.337. The van der Waals surface area contributed by atoms with Crippen LogP contribution in [0.1, 0.15) is 11.7 Å². The predicted molar refractivity (Wildman–Crippen MR) is 58.6 cm³/mol. The maximum atomic E-state index is 11.2. The van der Waals surface area contributed by atoms with Crippen molar-refractivity contribution in [3.05, 3.63) is 23.0 Å². The number of hydrogen-bond donors (Lipinski definition) is 2. The van der Waals surface area contributed by atoms with Gasteiger partial charge in [-0.3, -0.25) is 0 Å². The molecule has 0 radical (unpaired) electrons. The number of likely N-dealkylation sites (N-methyl/N-ethyl adjacent to an activating group) is 1. The summed E-state index contributed by atoms with van der Waals surface area (Å²) in [6.07, 6.45) is 1.60. The highest BCUT2D eigenvalue weighted by Crippen LogP contribution is 2.21. The van der Waals surface area contributed by atoms with E-state index in [1.807, 2.05) is 0 Å². The van der Waals surface area contributed by atoms with Gasteiger partial charge >= 0.3 is 0 Å². The van der Waals surface area contributed by atoms with Crippen LogP contribution in [0, 0.1) is 0 Å². The van der Waals surface area contributed by atoms with Crippen LogP contribution in [0.15, 0.2) is 12.3 Å². The van der Waals surface area contributed by atoms with E-state index < -0.39 is 16.1 Å². The minimum absolute atomic E-state index is 0.0719. The molecule has 5 nitrogen and oxygen atoms in total. The van der Waals surface area contributed by atoms with Gasteiger partial charge in [0, 0.05) is 18.3 Å². The fourth-order valence-corrected chi connectivity index (χ4v) is 2.42. The number of hydrogen-bond acceptors (Lipinski definition) is 4. The Bertz CT molecular complexity index is 441. The fraction of sp³-hybridized carbons (Fsp3) is 0.500. The van der Waals surface area contributed by atoms with Gasteiger partial charge in [-0.25, -0.2) is 12.4 Å². The fourth-order valence-electron chi connectivity index (χ4n) is 1.18. The van der Waals surface area contributed by atoms with Gasteiger partial charge in [-0.05, 0) is 13.1 Å². The molecule has 1 aromatic rings. The van der Waals surface area contributed by atoms with Crippen molar-refractivity contribution in [1.29, 1.82) is 0 Å². The lowest BCUT2D eigenvalue weighted by molar-refractivity contribution is 0.178. The van der Waals surface area contributed by atoms with E-state index in [9.17, 15) is 13.5 Å². The Hall–Kier alpha value is -0.560. The zero-order chi connectivity index (χ0) is 11.6. The van der Waals surface area contributed by atoms with Crippen molar-refractivity contribution in [2.45, 2.75) is 6.10 Å². The van der Waals surface area contributed by atoms with Crippen molar-refractivity contribution in [2.24, 2.45) is 0 Å². The topological polar surface area (TPSA) is 71.3 Å². The molecule has 0 aliphatic carbocycles. The van der Waals surface area contributed by atoms with Crippen LogP contribution in [0.25, 0.3) is 0 Å². The number of aromatic nitrogens is 1. The van der Waals surface area contributed by atoms with E-state index in [0.29, 0.717) is 12.1 Å². The highest BCUT2D eigenvalue weighted by Gasteiger charge is 2.15. The smallest absolute Gasteiger partial charge is 0.236 e. The molecule has 1 rings (SSSR count). The minimum atomic E-state index is -3.41. The monoisotopic (exact) mass is 252 g/mol. The third-order valence-electron chi connectivity index (χ3n) is 1.90. The van der Waals surface area contributed by atoms with Crippen molar-refractivity contribution in [3.8, 4) is 0 Å². The maximum Gasteiger partial charge on any atom is 0.236 e. The molecule has 0 aliphatic heterocycles. The average Bonchev–Trinajstić information content (AvgIpc) is 2.47. The zero-order valence-electron chi connectivity index (χ0n) is 8.44. The quantitative estimate of drug-likeness (QED) is 0.803. The molecule has 0 spiro atoms. The number of rotatable bonds is 4. The van der Waals surface area contributed by atoms with Crippen LogP contribution in [-0.2, 0) is 10.0 Å². The molecule has 1 aromatic heterocycles. The highest BCUT2D eigenvalue weighted by atomic mass is 35.5. The lowest BCUT2D eigenvalue weighted by Gasteiger charge is -2.06. The predicted octanol–water partition coefficient (Wildman–Crippen LogP) is 0.202. The van der Waals surface area contributed by atoms with Gasteiger partial charge in [0.2, 0.25) is 10.0 Å². The molecule has 86 valence electrons. The summed E-state index contributed by atoms with van der Waals surface area (Å²) < 4.78 is 23.4. The first kappa shape index (κ1) is 12.5. The van der Waals surface area contributed by atoms with E-state index in [1.165, 1.54) is 12.3 Å². The van der Waals surface area contributed by atoms with E-state index in [0.717, 1.165) is 10.2 Å². The molecule has 0 bridgehead atoms. The lowest BCUT2D eigenvalue weighted by Crippen LogP contribution is -2.16. The Morgan fingerprint density at radius 3 is 2.67 bits per heavy atom. The van der Waals surface area contributed by atoms with Gasteiger partial charge in [-0.1, -0.05) is 11.6 Å². The molecular weight excluding hydrogens is 240 g/mol.